The van der Waals surface area contributed by atoms with E-state index >= 15 is 0 Å². The van der Waals surface area contributed by atoms with E-state index in [0.29, 0.717) is 16.6 Å². The molecule has 0 aliphatic rings. The van der Waals surface area contributed by atoms with Crippen molar-refractivity contribution in [2.75, 3.05) is 11.9 Å². The second-order valence-electron chi connectivity index (χ2n) is 5.53. The van der Waals surface area contributed by atoms with E-state index in [2.05, 4.69) is 10.3 Å². The molecule has 0 saturated carbocycles. The maximum Gasteiger partial charge on any atom is 0.271 e. The van der Waals surface area contributed by atoms with Crippen LogP contribution >= 0.6 is 11.6 Å². The van der Waals surface area contributed by atoms with Crippen LogP contribution in [0.25, 0.3) is 10.9 Å². The van der Waals surface area contributed by atoms with Crippen LogP contribution in [0.5, 0.6) is 0 Å². The number of hydrogen-bond donors (Lipinski definition) is 2. The summed E-state index contributed by atoms with van der Waals surface area (Å²) in [4.78, 5) is 14.7. The fourth-order valence-electron chi connectivity index (χ4n) is 2.68. The molecule has 0 radical (unpaired) electrons. The van der Waals surface area contributed by atoms with Gasteiger partial charge in [-0.1, -0.05) is 41.9 Å². The third-order valence-electron chi connectivity index (χ3n) is 3.94. The van der Waals surface area contributed by atoms with Crippen molar-refractivity contribution < 1.29 is 10.0 Å². The van der Waals surface area contributed by atoms with Crippen LogP contribution in [0.2, 0.25) is 5.02 Å². The first-order valence-electron chi connectivity index (χ1n) is 7.64. The van der Waals surface area contributed by atoms with Crippen LogP contribution in [0.1, 0.15) is 17.2 Å². The third-order valence-corrected chi connectivity index (χ3v) is 4.23. The van der Waals surface area contributed by atoms with Crippen LogP contribution in [0, 0.1) is 21.4 Å². The zero-order valence-electron chi connectivity index (χ0n) is 13.4. The summed E-state index contributed by atoms with van der Waals surface area (Å²) in [6.07, 6.45) is 1.35. The van der Waals surface area contributed by atoms with Gasteiger partial charge in [0.25, 0.3) is 5.69 Å². The summed E-state index contributed by atoms with van der Waals surface area (Å²) in [7, 11) is 0. The standard InChI is InChI=1S/C18H13ClN4O3/c19-15-7-13(23(25)26)6-14-17(12(8-20)9-21-18(14)15)22-16(10-24)11-4-2-1-3-5-11/h1-7,9,16,24H,10H2,(H,21,22). The lowest BCUT2D eigenvalue weighted by Gasteiger charge is -2.20. The third kappa shape index (κ3) is 3.28. The van der Waals surface area contributed by atoms with E-state index < -0.39 is 11.0 Å². The van der Waals surface area contributed by atoms with E-state index in [1.165, 1.54) is 18.3 Å². The van der Waals surface area contributed by atoms with Gasteiger partial charge in [-0.25, -0.2) is 0 Å². The van der Waals surface area contributed by atoms with Crippen molar-refractivity contribution in [1.82, 2.24) is 4.98 Å². The molecule has 0 spiro atoms. The number of benzene rings is 2. The van der Waals surface area contributed by atoms with Gasteiger partial charge in [-0.05, 0) is 5.56 Å². The van der Waals surface area contributed by atoms with Gasteiger partial charge in [0, 0.05) is 23.7 Å². The Labute approximate surface area is 153 Å². The first-order valence-corrected chi connectivity index (χ1v) is 8.02. The fourth-order valence-corrected chi connectivity index (χ4v) is 2.95. The molecule has 1 atom stereocenters. The molecule has 2 N–H and O–H groups in total. The smallest absolute Gasteiger partial charge is 0.271 e. The van der Waals surface area contributed by atoms with Crippen LogP contribution in [0.4, 0.5) is 11.4 Å². The first kappa shape index (κ1) is 17.6. The molecule has 0 aliphatic carbocycles. The number of hydrogen-bond acceptors (Lipinski definition) is 6. The van der Waals surface area contributed by atoms with E-state index in [-0.39, 0.29) is 22.9 Å². The Hall–Kier alpha value is -3.21. The van der Waals surface area contributed by atoms with Gasteiger partial charge >= 0.3 is 0 Å². The predicted molar refractivity (Wildman–Crippen MR) is 98.0 cm³/mol. The molecule has 0 fully saturated rings. The Bertz CT molecular complexity index is 1020. The van der Waals surface area contributed by atoms with Gasteiger partial charge in [0.05, 0.1) is 39.4 Å². The lowest BCUT2D eigenvalue weighted by Crippen LogP contribution is -2.16. The van der Waals surface area contributed by atoms with E-state index in [1.807, 2.05) is 36.4 Å². The highest BCUT2D eigenvalue weighted by Crippen LogP contribution is 2.35. The summed E-state index contributed by atoms with van der Waals surface area (Å²) >= 11 is 6.13. The Morgan fingerprint density at radius 3 is 2.69 bits per heavy atom. The van der Waals surface area contributed by atoms with Gasteiger partial charge < -0.3 is 10.4 Å². The number of aliphatic hydroxyl groups is 1. The second-order valence-corrected chi connectivity index (χ2v) is 5.94. The number of nitrogens with one attached hydrogen (secondary N) is 1. The minimum absolute atomic E-state index is 0.113. The highest BCUT2D eigenvalue weighted by Gasteiger charge is 2.19. The molecule has 1 heterocycles. The van der Waals surface area contributed by atoms with Crippen molar-refractivity contribution in [1.29, 1.82) is 5.26 Å². The summed E-state index contributed by atoms with van der Waals surface area (Å²) < 4.78 is 0. The molecule has 1 unspecified atom stereocenters. The summed E-state index contributed by atoms with van der Waals surface area (Å²) in [5, 5.41) is 33.9. The normalized spacial score (nSPS) is 11.7. The molecule has 0 saturated heterocycles. The number of aromatic nitrogens is 1. The molecular formula is C18H13ClN4O3. The van der Waals surface area contributed by atoms with Crippen molar-refractivity contribution >= 4 is 33.9 Å². The van der Waals surface area contributed by atoms with Crippen molar-refractivity contribution in [2.24, 2.45) is 0 Å². The summed E-state index contributed by atoms with van der Waals surface area (Å²) in [6.45, 7) is -0.235. The molecule has 3 rings (SSSR count). The number of halogens is 1. The highest BCUT2D eigenvalue weighted by molar-refractivity contribution is 6.35. The predicted octanol–water partition coefficient (Wildman–Crippen LogP) is 3.81. The van der Waals surface area contributed by atoms with Gasteiger partial charge in [-0.15, -0.1) is 0 Å². The lowest BCUT2D eigenvalue weighted by molar-refractivity contribution is -0.384. The maximum atomic E-state index is 11.2. The molecule has 7 nitrogen and oxygen atoms in total. The van der Waals surface area contributed by atoms with Crippen LogP contribution in [-0.2, 0) is 0 Å². The number of nitrogens with zero attached hydrogens (tertiary/aromatic N) is 3. The molecular weight excluding hydrogens is 356 g/mol. The highest BCUT2D eigenvalue weighted by atomic mass is 35.5. The largest absolute Gasteiger partial charge is 0.394 e. The van der Waals surface area contributed by atoms with E-state index in [1.54, 1.807) is 0 Å². The zero-order chi connectivity index (χ0) is 18.7. The van der Waals surface area contributed by atoms with E-state index in [9.17, 15) is 20.5 Å². The molecule has 0 amide bonds. The monoisotopic (exact) mass is 368 g/mol. The van der Waals surface area contributed by atoms with Crippen molar-refractivity contribution in [3.05, 3.63) is 74.9 Å². The number of pyridine rings is 1. The van der Waals surface area contributed by atoms with Crippen LogP contribution in [0.15, 0.2) is 48.7 Å². The Balaban J connectivity index is 2.19. The number of nitro groups is 1. The SMILES string of the molecule is N#Cc1cnc2c(Cl)cc([N+](=O)[O-])cc2c1NC(CO)c1ccccc1. The molecule has 0 aliphatic heterocycles. The van der Waals surface area contributed by atoms with Crippen LogP contribution < -0.4 is 5.32 Å². The number of nitro benzene ring substituents is 1. The average Bonchev–Trinajstić information content (AvgIpc) is 2.66. The maximum absolute atomic E-state index is 11.2. The summed E-state index contributed by atoms with van der Waals surface area (Å²) in [5.41, 5.74) is 1.47. The molecule has 3 aromatic rings. The quantitative estimate of drug-likeness (QED) is 0.523. The minimum Gasteiger partial charge on any atom is -0.394 e. The molecule has 2 aromatic carbocycles. The lowest BCUT2D eigenvalue weighted by atomic mass is 10.0. The van der Waals surface area contributed by atoms with Gasteiger partial charge in [0.15, 0.2) is 0 Å². The number of rotatable bonds is 5. The van der Waals surface area contributed by atoms with Crippen molar-refractivity contribution in [3.8, 4) is 6.07 Å². The minimum atomic E-state index is -0.561. The zero-order valence-corrected chi connectivity index (χ0v) is 14.1. The number of non-ortho nitro benzene ring substituents is 1. The van der Waals surface area contributed by atoms with Gasteiger partial charge in [0.1, 0.15) is 6.07 Å². The molecule has 1 aromatic heterocycles. The first-order chi connectivity index (χ1) is 12.5. The topological polar surface area (TPSA) is 112 Å². The molecule has 26 heavy (non-hydrogen) atoms. The van der Waals surface area contributed by atoms with Gasteiger partial charge in [0.2, 0.25) is 0 Å². The number of anilines is 1. The number of aliphatic hydroxyl groups excluding tert-OH is 1. The molecule has 130 valence electrons. The Morgan fingerprint density at radius 1 is 1.35 bits per heavy atom. The average molecular weight is 369 g/mol. The van der Waals surface area contributed by atoms with Crippen molar-refractivity contribution in [2.45, 2.75) is 6.04 Å². The molecule has 0 bridgehead atoms. The van der Waals surface area contributed by atoms with E-state index in [0.717, 1.165) is 5.56 Å². The van der Waals surface area contributed by atoms with Crippen LogP contribution in [0.3, 0.4) is 0 Å². The van der Waals surface area contributed by atoms with E-state index in [4.69, 9.17) is 11.6 Å². The Morgan fingerprint density at radius 2 is 2.08 bits per heavy atom. The van der Waals surface area contributed by atoms with Crippen LogP contribution in [-0.4, -0.2) is 21.6 Å². The molecule has 8 heteroatoms. The summed E-state index contributed by atoms with van der Waals surface area (Å²) in [6, 6.07) is 13.2. The number of nitriles is 1. The fraction of sp³-hybridized carbons (Fsp3) is 0.111. The second kappa shape index (κ2) is 7.35. The summed E-state index contributed by atoms with van der Waals surface area (Å²) in [5.74, 6) is 0. The van der Waals surface area contributed by atoms with Crippen molar-refractivity contribution in [3.63, 3.8) is 0 Å². The number of fused-ring (bicyclic) bond motifs is 1. The van der Waals surface area contributed by atoms with Gasteiger partial charge in [-0.3, -0.25) is 15.1 Å². The van der Waals surface area contributed by atoms with Gasteiger partial charge in [-0.2, -0.15) is 5.26 Å². The Kier molecular flexibility index (Phi) is 4.98.